The van der Waals surface area contributed by atoms with Gasteiger partial charge in [0.1, 0.15) is 11.5 Å². The van der Waals surface area contributed by atoms with Gasteiger partial charge >= 0.3 is 11.9 Å². The molecule has 0 spiro atoms. The second-order valence-electron chi connectivity index (χ2n) is 3.92. The van der Waals surface area contributed by atoms with Gasteiger partial charge in [-0.2, -0.15) is 18.2 Å². The van der Waals surface area contributed by atoms with E-state index in [1.807, 2.05) is 0 Å². The normalized spacial score (nSPS) is 11.5. The van der Waals surface area contributed by atoms with Crippen LogP contribution in [0.3, 0.4) is 0 Å². The number of nitrogens with zero attached hydrogens (tertiary/aromatic N) is 2. The molecule has 0 fully saturated rings. The maximum Gasteiger partial charge on any atom is 0.431 e. The third kappa shape index (κ3) is 2.93. The minimum atomic E-state index is -4.66. The Morgan fingerprint density at radius 2 is 1.84 bits per heavy atom. The van der Waals surface area contributed by atoms with Crippen LogP contribution in [-0.2, 0) is 12.7 Å². The summed E-state index contributed by atoms with van der Waals surface area (Å²) in [5.74, 6) is -0.443. The third-order valence-corrected chi connectivity index (χ3v) is 2.50. The fourth-order valence-corrected chi connectivity index (χ4v) is 1.68. The van der Waals surface area contributed by atoms with Gasteiger partial charge in [0.15, 0.2) is 0 Å². The molecule has 0 bridgehead atoms. The van der Waals surface area contributed by atoms with Crippen molar-refractivity contribution in [2.24, 2.45) is 0 Å². The summed E-state index contributed by atoms with van der Waals surface area (Å²) in [5, 5.41) is 0. The van der Waals surface area contributed by atoms with Gasteiger partial charge < -0.3 is 5.73 Å². The summed E-state index contributed by atoms with van der Waals surface area (Å²) in [5.41, 5.74) is 3.64. The Bertz CT molecular complexity index is 635. The van der Waals surface area contributed by atoms with Crippen LogP contribution in [0.4, 0.5) is 19.0 Å². The number of aromatic nitrogens is 2. The Labute approximate surface area is 106 Å². The van der Waals surface area contributed by atoms with Gasteiger partial charge in [0.2, 0.25) is 0 Å². The van der Waals surface area contributed by atoms with Crippen LogP contribution in [0.25, 0.3) is 0 Å². The summed E-state index contributed by atoms with van der Waals surface area (Å²) in [4.78, 5) is 14.9. The lowest BCUT2D eigenvalue weighted by Gasteiger charge is -2.15. The number of rotatable bonds is 2. The predicted molar refractivity (Wildman–Crippen MR) is 63.5 cm³/mol. The van der Waals surface area contributed by atoms with Crippen LogP contribution in [0.15, 0.2) is 41.2 Å². The molecule has 100 valence electrons. The Kier molecular flexibility index (Phi) is 3.28. The summed E-state index contributed by atoms with van der Waals surface area (Å²) >= 11 is 0. The van der Waals surface area contributed by atoms with Gasteiger partial charge in [-0.3, -0.25) is 4.57 Å². The summed E-state index contributed by atoms with van der Waals surface area (Å²) in [6.45, 7) is -0.207. The van der Waals surface area contributed by atoms with Crippen molar-refractivity contribution in [3.8, 4) is 0 Å². The van der Waals surface area contributed by atoms with E-state index in [-0.39, 0.29) is 6.54 Å². The fraction of sp³-hybridized carbons (Fsp3) is 0.167. The monoisotopic (exact) mass is 269 g/mol. The molecule has 7 heteroatoms. The topological polar surface area (TPSA) is 60.9 Å². The van der Waals surface area contributed by atoms with Crippen molar-refractivity contribution in [2.75, 3.05) is 5.73 Å². The average Bonchev–Trinajstić information content (AvgIpc) is 2.32. The van der Waals surface area contributed by atoms with Crippen LogP contribution in [0.1, 0.15) is 11.3 Å². The Hall–Kier alpha value is -2.31. The van der Waals surface area contributed by atoms with Crippen LogP contribution < -0.4 is 11.4 Å². The molecule has 0 atom stereocenters. The van der Waals surface area contributed by atoms with Gasteiger partial charge in [0.25, 0.3) is 0 Å². The lowest BCUT2D eigenvalue weighted by molar-refractivity contribution is -0.144. The van der Waals surface area contributed by atoms with E-state index in [4.69, 9.17) is 5.73 Å². The standard InChI is InChI=1S/C12H10F3N3O/c13-12(14,15)9-6-10(16)17-11(19)18(9)7-8-4-2-1-3-5-8/h1-6H,7H2,(H2,16,17,19). The molecule has 0 saturated heterocycles. The minimum absolute atomic E-state index is 0.207. The number of halogens is 3. The minimum Gasteiger partial charge on any atom is -0.383 e. The SMILES string of the molecule is Nc1cc(C(F)(F)F)n(Cc2ccccc2)c(=O)n1. The molecule has 19 heavy (non-hydrogen) atoms. The summed E-state index contributed by atoms with van der Waals surface area (Å²) < 4.78 is 39.2. The Morgan fingerprint density at radius 3 is 2.42 bits per heavy atom. The zero-order valence-electron chi connectivity index (χ0n) is 9.69. The highest BCUT2D eigenvalue weighted by Gasteiger charge is 2.35. The molecule has 0 aliphatic rings. The smallest absolute Gasteiger partial charge is 0.383 e. The third-order valence-electron chi connectivity index (χ3n) is 2.50. The molecule has 0 aliphatic carbocycles. The maximum absolute atomic E-state index is 12.9. The molecule has 0 unspecified atom stereocenters. The van der Waals surface area contributed by atoms with E-state index in [9.17, 15) is 18.0 Å². The second-order valence-corrected chi connectivity index (χ2v) is 3.92. The number of nitrogen functional groups attached to an aromatic ring is 1. The predicted octanol–water partition coefficient (Wildman–Crippen LogP) is 1.89. The Balaban J connectivity index is 2.53. The van der Waals surface area contributed by atoms with Gasteiger partial charge in [0, 0.05) is 6.07 Å². The van der Waals surface area contributed by atoms with Crippen LogP contribution in [0.5, 0.6) is 0 Å². The van der Waals surface area contributed by atoms with Gasteiger partial charge in [-0.25, -0.2) is 4.79 Å². The van der Waals surface area contributed by atoms with E-state index in [2.05, 4.69) is 4.98 Å². The average molecular weight is 269 g/mol. The highest BCUT2D eigenvalue weighted by atomic mass is 19.4. The number of hydrogen-bond acceptors (Lipinski definition) is 3. The van der Waals surface area contributed by atoms with E-state index in [1.165, 1.54) is 0 Å². The van der Waals surface area contributed by atoms with Crippen molar-refractivity contribution in [3.05, 3.63) is 58.1 Å². The van der Waals surface area contributed by atoms with Crippen molar-refractivity contribution in [1.29, 1.82) is 0 Å². The Morgan fingerprint density at radius 1 is 1.21 bits per heavy atom. The molecule has 1 aromatic heterocycles. The fourth-order valence-electron chi connectivity index (χ4n) is 1.68. The van der Waals surface area contributed by atoms with E-state index >= 15 is 0 Å². The first-order valence-corrected chi connectivity index (χ1v) is 5.36. The molecule has 0 saturated carbocycles. The van der Waals surface area contributed by atoms with Gasteiger partial charge in [-0.1, -0.05) is 30.3 Å². The summed E-state index contributed by atoms with van der Waals surface area (Å²) in [6.07, 6.45) is -4.66. The quantitative estimate of drug-likeness (QED) is 0.905. The molecule has 4 nitrogen and oxygen atoms in total. The largest absolute Gasteiger partial charge is 0.431 e. The van der Waals surface area contributed by atoms with Crippen LogP contribution in [-0.4, -0.2) is 9.55 Å². The lowest BCUT2D eigenvalue weighted by atomic mass is 10.2. The highest BCUT2D eigenvalue weighted by molar-refractivity contribution is 5.30. The molecule has 2 rings (SSSR count). The zero-order chi connectivity index (χ0) is 14.0. The van der Waals surface area contributed by atoms with Crippen molar-refractivity contribution in [1.82, 2.24) is 9.55 Å². The lowest BCUT2D eigenvalue weighted by Crippen LogP contribution is -2.31. The molecule has 1 heterocycles. The van der Waals surface area contributed by atoms with Crippen molar-refractivity contribution in [3.63, 3.8) is 0 Å². The first-order valence-electron chi connectivity index (χ1n) is 5.36. The highest BCUT2D eigenvalue weighted by Crippen LogP contribution is 2.29. The van der Waals surface area contributed by atoms with Crippen LogP contribution in [0, 0.1) is 0 Å². The van der Waals surface area contributed by atoms with Crippen LogP contribution >= 0.6 is 0 Å². The molecule has 0 radical (unpaired) electrons. The molecule has 1 aromatic carbocycles. The van der Waals surface area contributed by atoms with E-state index in [0.29, 0.717) is 16.2 Å². The zero-order valence-corrected chi connectivity index (χ0v) is 9.69. The van der Waals surface area contributed by atoms with Gasteiger partial charge in [-0.15, -0.1) is 0 Å². The number of alkyl halides is 3. The van der Waals surface area contributed by atoms with Gasteiger partial charge in [0.05, 0.1) is 6.54 Å². The molecule has 0 amide bonds. The summed E-state index contributed by atoms with van der Waals surface area (Å²) in [6, 6.07) is 9.01. The summed E-state index contributed by atoms with van der Waals surface area (Å²) in [7, 11) is 0. The van der Waals surface area contributed by atoms with Crippen molar-refractivity contribution >= 4 is 5.82 Å². The van der Waals surface area contributed by atoms with Crippen molar-refractivity contribution in [2.45, 2.75) is 12.7 Å². The number of nitrogens with two attached hydrogens (primary N) is 1. The van der Waals surface area contributed by atoms with E-state index in [1.54, 1.807) is 30.3 Å². The number of benzene rings is 1. The molecular formula is C12H10F3N3O. The maximum atomic E-state index is 12.9. The van der Waals surface area contributed by atoms with Gasteiger partial charge in [-0.05, 0) is 5.56 Å². The molecule has 2 aromatic rings. The molecular weight excluding hydrogens is 259 g/mol. The number of hydrogen-bond donors (Lipinski definition) is 1. The van der Waals surface area contributed by atoms with E-state index < -0.39 is 23.4 Å². The van der Waals surface area contributed by atoms with Crippen LogP contribution in [0.2, 0.25) is 0 Å². The van der Waals surface area contributed by atoms with E-state index in [0.717, 1.165) is 0 Å². The number of anilines is 1. The molecule has 2 N–H and O–H groups in total. The second kappa shape index (κ2) is 4.75. The molecule has 0 aliphatic heterocycles. The van der Waals surface area contributed by atoms with Crippen molar-refractivity contribution < 1.29 is 13.2 Å². The first kappa shape index (κ1) is 13.1. The first-order chi connectivity index (χ1) is 8.88.